The minimum atomic E-state index is -0.437. The van der Waals surface area contributed by atoms with Gasteiger partial charge in [-0.3, -0.25) is 0 Å². The lowest BCUT2D eigenvalue weighted by atomic mass is 10.0. The molecule has 4 rings (SSSR count). The molecular formula is C29H32N2O3. The molecule has 176 valence electrons. The molecule has 2 N–H and O–H groups in total. The number of rotatable bonds is 9. The molecule has 0 saturated heterocycles. The Morgan fingerprint density at radius 1 is 0.912 bits per heavy atom. The second-order valence-electron chi connectivity index (χ2n) is 9.48. The van der Waals surface area contributed by atoms with Gasteiger partial charge in [0.15, 0.2) is 0 Å². The van der Waals surface area contributed by atoms with E-state index in [1.54, 1.807) is 12.1 Å². The smallest absolute Gasteiger partial charge is 0.338 e. The van der Waals surface area contributed by atoms with Crippen molar-refractivity contribution >= 4 is 16.9 Å². The van der Waals surface area contributed by atoms with Crippen molar-refractivity contribution in [1.82, 2.24) is 10.3 Å². The lowest BCUT2D eigenvalue weighted by molar-refractivity contribution is 0.0160. The monoisotopic (exact) mass is 456 g/mol. The van der Waals surface area contributed by atoms with Crippen molar-refractivity contribution < 1.29 is 14.3 Å². The number of benzene rings is 3. The normalized spacial score (nSPS) is 12.4. The highest BCUT2D eigenvalue weighted by Gasteiger charge is 2.20. The van der Waals surface area contributed by atoms with Crippen LogP contribution >= 0.6 is 0 Å². The van der Waals surface area contributed by atoms with Gasteiger partial charge >= 0.3 is 5.97 Å². The van der Waals surface area contributed by atoms with Crippen LogP contribution in [0.3, 0.4) is 0 Å². The maximum absolute atomic E-state index is 12.7. The Hall–Kier alpha value is -3.57. The molecule has 0 amide bonds. The van der Waals surface area contributed by atoms with E-state index in [4.69, 9.17) is 9.47 Å². The van der Waals surface area contributed by atoms with Crippen molar-refractivity contribution in [2.75, 3.05) is 13.2 Å². The highest BCUT2D eigenvalue weighted by atomic mass is 16.6. The van der Waals surface area contributed by atoms with Crippen LogP contribution in [0, 0.1) is 0 Å². The summed E-state index contributed by atoms with van der Waals surface area (Å²) < 4.78 is 12.1. The summed E-state index contributed by atoms with van der Waals surface area (Å²) >= 11 is 0. The molecule has 5 heteroatoms. The number of ether oxygens (including phenoxy) is 2. The molecule has 0 aliphatic rings. The number of hydrogen-bond acceptors (Lipinski definition) is 4. The third-order valence-corrected chi connectivity index (χ3v) is 5.61. The molecule has 0 aliphatic carbocycles. The van der Waals surface area contributed by atoms with Gasteiger partial charge in [0.05, 0.1) is 5.56 Å². The van der Waals surface area contributed by atoms with Crippen molar-refractivity contribution in [3.63, 3.8) is 0 Å². The van der Waals surface area contributed by atoms with E-state index in [1.165, 1.54) is 10.9 Å². The largest absolute Gasteiger partial charge is 0.489 e. The van der Waals surface area contributed by atoms with Gasteiger partial charge < -0.3 is 19.8 Å². The van der Waals surface area contributed by atoms with E-state index in [9.17, 15) is 4.79 Å². The van der Waals surface area contributed by atoms with Gasteiger partial charge in [0.1, 0.15) is 18.5 Å². The molecule has 1 aromatic heterocycles. The Kier molecular flexibility index (Phi) is 7.33. The Balaban J connectivity index is 1.48. The van der Waals surface area contributed by atoms with E-state index in [0.29, 0.717) is 12.1 Å². The predicted octanol–water partition coefficient (Wildman–Crippen LogP) is 5.75. The molecular weight excluding hydrogens is 424 g/mol. The Labute approximate surface area is 201 Å². The van der Waals surface area contributed by atoms with Crippen molar-refractivity contribution in [1.29, 1.82) is 0 Å². The summed E-state index contributed by atoms with van der Waals surface area (Å²) in [7, 11) is 0. The Morgan fingerprint density at radius 2 is 1.65 bits per heavy atom. The van der Waals surface area contributed by atoms with E-state index >= 15 is 0 Å². The van der Waals surface area contributed by atoms with Crippen LogP contribution in [0.1, 0.15) is 42.3 Å². The molecule has 0 spiro atoms. The quantitative estimate of drug-likeness (QED) is 0.315. The molecule has 0 radical (unpaired) electrons. The fourth-order valence-corrected chi connectivity index (χ4v) is 3.83. The van der Waals surface area contributed by atoms with Crippen LogP contribution in [0.15, 0.2) is 85.1 Å². The third kappa shape index (κ3) is 6.27. The van der Waals surface area contributed by atoms with E-state index < -0.39 is 6.10 Å². The summed E-state index contributed by atoms with van der Waals surface area (Å²) in [6.07, 6.45) is 2.28. The van der Waals surface area contributed by atoms with Crippen LogP contribution in [0.5, 0.6) is 5.75 Å². The second kappa shape index (κ2) is 10.6. The van der Waals surface area contributed by atoms with Crippen LogP contribution < -0.4 is 10.1 Å². The van der Waals surface area contributed by atoms with Gasteiger partial charge in [0, 0.05) is 35.6 Å². The zero-order valence-electron chi connectivity index (χ0n) is 20.0. The van der Waals surface area contributed by atoms with Crippen LogP contribution in [0.2, 0.25) is 0 Å². The molecule has 0 saturated carbocycles. The number of carbonyl (C=O) groups excluding carboxylic acids is 1. The number of nitrogens with one attached hydrogen (secondary N) is 2. The summed E-state index contributed by atoms with van der Waals surface area (Å²) in [5, 5.41) is 4.64. The molecule has 5 nitrogen and oxygen atoms in total. The third-order valence-electron chi connectivity index (χ3n) is 5.61. The molecule has 34 heavy (non-hydrogen) atoms. The van der Waals surface area contributed by atoms with Gasteiger partial charge in [-0.15, -0.1) is 0 Å². The number of aromatic nitrogens is 1. The number of H-pyrrole nitrogens is 1. The summed E-state index contributed by atoms with van der Waals surface area (Å²) in [5.74, 6) is 0.448. The molecule has 0 aliphatic heterocycles. The first-order valence-electron chi connectivity index (χ1n) is 11.7. The van der Waals surface area contributed by atoms with Crippen LogP contribution in [0.25, 0.3) is 10.9 Å². The van der Waals surface area contributed by atoms with Gasteiger partial charge in [-0.2, -0.15) is 0 Å². The molecule has 1 heterocycles. The molecule has 3 aromatic carbocycles. The van der Waals surface area contributed by atoms with Gasteiger partial charge in [0.2, 0.25) is 0 Å². The lowest BCUT2D eigenvalue weighted by Gasteiger charge is -2.26. The van der Waals surface area contributed by atoms with Crippen molar-refractivity contribution in [3.8, 4) is 5.75 Å². The Morgan fingerprint density at radius 3 is 2.44 bits per heavy atom. The fraction of sp³-hybridized carbons (Fsp3) is 0.276. The standard InChI is InChI=1S/C29H32N2O3/c1-29(2,3)31-19-24(34-28(32)21-10-5-4-6-11-21)20-33-27-15-8-7-12-23(27)18-22-13-9-14-26-25(22)16-17-30-26/h4-17,24,30-31H,18-20H2,1-3H3. The number of carbonyl (C=O) groups is 1. The molecule has 0 bridgehead atoms. The number of fused-ring (bicyclic) bond motifs is 1. The summed E-state index contributed by atoms with van der Waals surface area (Å²) in [5.41, 5.74) is 3.87. The maximum Gasteiger partial charge on any atom is 0.338 e. The summed E-state index contributed by atoms with van der Waals surface area (Å²) in [6, 6.07) is 25.5. The molecule has 1 atom stereocenters. The SMILES string of the molecule is CC(C)(C)NCC(COc1ccccc1Cc1cccc2[nH]ccc12)OC(=O)c1ccccc1. The zero-order chi connectivity index (χ0) is 24.0. The van der Waals surface area contributed by atoms with Crippen LogP contribution in [0.4, 0.5) is 0 Å². The fourth-order valence-electron chi connectivity index (χ4n) is 3.83. The van der Waals surface area contributed by atoms with E-state index in [2.05, 4.69) is 61.4 Å². The molecule has 0 fully saturated rings. The number of esters is 1. The molecule has 1 unspecified atom stereocenters. The first-order chi connectivity index (χ1) is 16.4. The lowest BCUT2D eigenvalue weighted by Crippen LogP contribution is -2.44. The predicted molar refractivity (Wildman–Crippen MR) is 136 cm³/mol. The topological polar surface area (TPSA) is 63.4 Å². The van der Waals surface area contributed by atoms with Crippen molar-refractivity contribution in [2.24, 2.45) is 0 Å². The van der Waals surface area contributed by atoms with E-state index in [0.717, 1.165) is 23.3 Å². The first-order valence-corrected chi connectivity index (χ1v) is 11.7. The second-order valence-corrected chi connectivity index (χ2v) is 9.48. The highest BCUT2D eigenvalue weighted by molar-refractivity contribution is 5.89. The van der Waals surface area contributed by atoms with Gasteiger partial charge in [-0.1, -0.05) is 48.5 Å². The average molecular weight is 457 g/mol. The maximum atomic E-state index is 12.7. The first kappa shape index (κ1) is 23.6. The van der Waals surface area contributed by atoms with Gasteiger partial charge in [0.25, 0.3) is 0 Å². The minimum absolute atomic E-state index is 0.107. The van der Waals surface area contributed by atoms with E-state index in [-0.39, 0.29) is 18.1 Å². The van der Waals surface area contributed by atoms with Gasteiger partial charge in [-0.05, 0) is 62.2 Å². The van der Waals surface area contributed by atoms with E-state index in [1.807, 2.05) is 42.6 Å². The number of aromatic amines is 1. The van der Waals surface area contributed by atoms with Crippen molar-refractivity contribution in [3.05, 3.63) is 102 Å². The highest BCUT2D eigenvalue weighted by Crippen LogP contribution is 2.26. The van der Waals surface area contributed by atoms with Crippen molar-refractivity contribution in [2.45, 2.75) is 38.8 Å². The average Bonchev–Trinajstić information content (AvgIpc) is 3.31. The number of hydrogen-bond donors (Lipinski definition) is 2. The Bertz CT molecular complexity index is 1220. The van der Waals surface area contributed by atoms with Crippen LogP contribution in [-0.4, -0.2) is 35.7 Å². The summed E-state index contributed by atoms with van der Waals surface area (Å²) in [4.78, 5) is 16.0. The number of para-hydroxylation sites is 1. The minimum Gasteiger partial charge on any atom is -0.489 e. The molecule has 4 aromatic rings. The van der Waals surface area contributed by atoms with Crippen LogP contribution in [-0.2, 0) is 11.2 Å². The van der Waals surface area contributed by atoms with Gasteiger partial charge in [-0.25, -0.2) is 4.79 Å². The zero-order valence-corrected chi connectivity index (χ0v) is 20.0. The summed E-state index contributed by atoms with van der Waals surface area (Å²) in [6.45, 7) is 7.00.